The summed E-state index contributed by atoms with van der Waals surface area (Å²) in [5.74, 6) is 0. The van der Waals surface area contributed by atoms with Crippen LogP contribution in [0.3, 0.4) is 0 Å². The van der Waals surface area contributed by atoms with Crippen molar-refractivity contribution in [3.05, 3.63) is 78.0 Å². The van der Waals surface area contributed by atoms with Gasteiger partial charge in [0.05, 0.1) is 5.69 Å². The second-order valence-corrected chi connectivity index (χ2v) is 6.62. The molecule has 0 spiro atoms. The third-order valence-corrected chi connectivity index (χ3v) is 4.87. The van der Waals surface area contributed by atoms with Crippen molar-refractivity contribution in [2.24, 2.45) is 0 Å². The Bertz CT molecular complexity index is 1260. The normalized spacial score (nSPS) is 11.6. The number of benzene rings is 3. The van der Waals surface area contributed by atoms with Crippen molar-refractivity contribution in [2.45, 2.75) is 13.8 Å². The van der Waals surface area contributed by atoms with Gasteiger partial charge in [-0.2, -0.15) is 0 Å². The summed E-state index contributed by atoms with van der Waals surface area (Å²) in [5.41, 5.74) is 6.28. The van der Waals surface area contributed by atoms with E-state index in [0.717, 1.165) is 38.8 Å². The average molecular weight is 323 g/mol. The number of fused-ring (bicyclic) bond motifs is 4. The van der Waals surface area contributed by atoms with E-state index in [4.69, 9.17) is 9.40 Å². The SMILES string of the molecule is Cc1cc(-c2nccc3ccccc23)c2oc3c(C)cccc3c2c1. The number of aromatic nitrogens is 1. The van der Waals surface area contributed by atoms with Gasteiger partial charge in [-0.3, -0.25) is 4.98 Å². The zero-order chi connectivity index (χ0) is 17.0. The van der Waals surface area contributed by atoms with Gasteiger partial charge in [-0.1, -0.05) is 42.5 Å². The number of hydrogen-bond donors (Lipinski definition) is 0. The number of para-hydroxylation sites is 1. The summed E-state index contributed by atoms with van der Waals surface area (Å²) in [7, 11) is 0. The van der Waals surface area contributed by atoms with Crippen molar-refractivity contribution in [2.75, 3.05) is 0 Å². The highest BCUT2D eigenvalue weighted by atomic mass is 16.3. The highest BCUT2D eigenvalue weighted by Crippen LogP contribution is 2.39. The molecule has 0 fully saturated rings. The zero-order valence-corrected chi connectivity index (χ0v) is 14.2. The number of furan rings is 1. The van der Waals surface area contributed by atoms with E-state index in [2.05, 4.69) is 74.5 Å². The predicted molar refractivity (Wildman–Crippen MR) is 104 cm³/mol. The van der Waals surface area contributed by atoms with Crippen LogP contribution in [0, 0.1) is 13.8 Å². The van der Waals surface area contributed by atoms with E-state index in [1.807, 2.05) is 6.20 Å². The molecule has 0 atom stereocenters. The number of pyridine rings is 1. The second kappa shape index (κ2) is 5.18. The first-order chi connectivity index (χ1) is 12.2. The van der Waals surface area contributed by atoms with Gasteiger partial charge in [-0.25, -0.2) is 0 Å². The maximum Gasteiger partial charge on any atom is 0.144 e. The Morgan fingerprint density at radius 2 is 1.60 bits per heavy atom. The Kier molecular flexibility index (Phi) is 2.95. The van der Waals surface area contributed by atoms with Crippen molar-refractivity contribution in [3.63, 3.8) is 0 Å². The molecule has 3 aromatic carbocycles. The topological polar surface area (TPSA) is 26.0 Å². The molecule has 25 heavy (non-hydrogen) atoms. The lowest BCUT2D eigenvalue weighted by molar-refractivity contribution is 0.666. The molecule has 5 rings (SSSR count). The maximum absolute atomic E-state index is 6.33. The average Bonchev–Trinajstić information content (AvgIpc) is 3.01. The lowest BCUT2D eigenvalue weighted by Crippen LogP contribution is -1.87. The molecule has 2 heterocycles. The molecular weight excluding hydrogens is 306 g/mol. The van der Waals surface area contributed by atoms with E-state index in [1.54, 1.807) is 0 Å². The predicted octanol–water partition coefficient (Wildman–Crippen LogP) is 6.42. The van der Waals surface area contributed by atoms with Gasteiger partial charge in [0.15, 0.2) is 0 Å². The molecule has 0 saturated heterocycles. The van der Waals surface area contributed by atoms with Gasteiger partial charge >= 0.3 is 0 Å². The minimum absolute atomic E-state index is 0.916. The number of rotatable bonds is 1. The van der Waals surface area contributed by atoms with Gasteiger partial charge in [0, 0.05) is 27.9 Å². The Labute approximate surface area is 145 Å². The Hall–Kier alpha value is -3.13. The quantitative estimate of drug-likeness (QED) is 0.356. The lowest BCUT2D eigenvalue weighted by Gasteiger charge is -2.07. The smallest absolute Gasteiger partial charge is 0.144 e. The minimum Gasteiger partial charge on any atom is -0.455 e. The van der Waals surface area contributed by atoms with E-state index >= 15 is 0 Å². The van der Waals surface area contributed by atoms with Crippen LogP contribution in [0.4, 0.5) is 0 Å². The van der Waals surface area contributed by atoms with E-state index in [1.165, 1.54) is 16.3 Å². The summed E-state index contributed by atoms with van der Waals surface area (Å²) >= 11 is 0. The molecule has 0 aliphatic rings. The standard InChI is InChI=1S/C23H17NO/c1-14-12-19-18-9-5-6-15(2)22(18)25-23(19)20(13-14)21-17-8-4-3-7-16(17)10-11-24-21/h3-13H,1-2H3. The highest BCUT2D eigenvalue weighted by Gasteiger charge is 2.16. The first kappa shape index (κ1) is 14.2. The van der Waals surface area contributed by atoms with Crippen molar-refractivity contribution in [1.82, 2.24) is 4.98 Å². The van der Waals surface area contributed by atoms with Gasteiger partial charge < -0.3 is 4.42 Å². The van der Waals surface area contributed by atoms with Crippen LogP contribution in [0.25, 0.3) is 44.0 Å². The maximum atomic E-state index is 6.33. The van der Waals surface area contributed by atoms with Gasteiger partial charge in [-0.05, 0) is 48.6 Å². The van der Waals surface area contributed by atoms with Gasteiger partial charge in [0.1, 0.15) is 11.2 Å². The van der Waals surface area contributed by atoms with Crippen molar-refractivity contribution < 1.29 is 4.42 Å². The molecular formula is C23H17NO. The van der Waals surface area contributed by atoms with Crippen LogP contribution in [-0.2, 0) is 0 Å². The first-order valence-corrected chi connectivity index (χ1v) is 8.49. The van der Waals surface area contributed by atoms with E-state index in [9.17, 15) is 0 Å². The van der Waals surface area contributed by atoms with E-state index in [0.29, 0.717) is 0 Å². The van der Waals surface area contributed by atoms with Crippen molar-refractivity contribution in [1.29, 1.82) is 0 Å². The van der Waals surface area contributed by atoms with Crippen molar-refractivity contribution in [3.8, 4) is 11.3 Å². The van der Waals surface area contributed by atoms with Crippen LogP contribution in [-0.4, -0.2) is 4.98 Å². The van der Waals surface area contributed by atoms with Crippen LogP contribution in [0.2, 0.25) is 0 Å². The Morgan fingerprint density at radius 1 is 0.760 bits per heavy atom. The molecule has 120 valence electrons. The monoisotopic (exact) mass is 323 g/mol. The fraction of sp³-hybridized carbons (Fsp3) is 0.0870. The Balaban J connectivity index is 1.96. The third kappa shape index (κ3) is 2.07. The molecule has 0 aliphatic carbocycles. The summed E-state index contributed by atoms with van der Waals surface area (Å²) in [5, 5.41) is 4.66. The van der Waals surface area contributed by atoms with Gasteiger partial charge in [-0.15, -0.1) is 0 Å². The Morgan fingerprint density at radius 3 is 2.52 bits per heavy atom. The molecule has 0 bridgehead atoms. The molecule has 0 radical (unpaired) electrons. The molecule has 0 saturated carbocycles. The fourth-order valence-electron chi connectivity index (χ4n) is 3.70. The van der Waals surface area contributed by atoms with Crippen LogP contribution in [0.1, 0.15) is 11.1 Å². The summed E-state index contributed by atoms with van der Waals surface area (Å²) < 4.78 is 6.33. The number of nitrogens with zero attached hydrogens (tertiary/aromatic N) is 1. The minimum atomic E-state index is 0.916. The van der Waals surface area contributed by atoms with E-state index < -0.39 is 0 Å². The van der Waals surface area contributed by atoms with E-state index in [-0.39, 0.29) is 0 Å². The molecule has 0 aliphatic heterocycles. The first-order valence-electron chi connectivity index (χ1n) is 8.49. The highest BCUT2D eigenvalue weighted by molar-refractivity contribution is 6.12. The van der Waals surface area contributed by atoms with Crippen LogP contribution >= 0.6 is 0 Å². The molecule has 2 aromatic heterocycles. The summed E-state index contributed by atoms with van der Waals surface area (Å²) in [6, 6.07) is 21.1. The summed E-state index contributed by atoms with van der Waals surface area (Å²) in [6.45, 7) is 4.22. The van der Waals surface area contributed by atoms with Gasteiger partial charge in [0.2, 0.25) is 0 Å². The lowest BCUT2D eigenvalue weighted by atomic mass is 9.99. The molecule has 2 heteroatoms. The molecule has 0 unspecified atom stereocenters. The number of aryl methyl sites for hydroxylation is 2. The molecule has 0 amide bonds. The second-order valence-electron chi connectivity index (χ2n) is 6.62. The molecule has 5 aromatic rings. The van der Waals surface area contributed by atoms with Crippen LogP contribution in [0.5, 0.6) is 0 Å². The van der Waals surface area contributed by atoms with Crippen molar-refractivity contribution >= 4 is 32.7 Å². The summed E-state index contributed by atoms with van der Waals surface area (Å²) in [4.78, 5) is 4.70. The van der Waals surface area contributed by atoms with Crippen LogP contribution in [0.15, 0.2) is 71.3 Å². The van der Waals surface area contributed by atoms with Crippen LogP contribution < -0.4 is 0 Å². The molecule has 2 nitrogen and oxygen atoms in total. The van der Waals surface area contributed by atoms with Gasteiger partial charge in [0.25, 0.3) is 0 Å². The third-order valence-electron chi connectivity index (χ3n) is 4.87. The largest absolute Gasteiger partial charge is 0.455 e. The fourth-order valence-corrected chi connectivity index (χ4v) is 3.70. The summed E-state index contributed by atoms with van der Waals surface area (Å²) in [6.07, 6.45) is 1.87. The zero-order valence-electron chi connectivity index (χ0n) is 14.2. The number of hydrogen-bond acceptors (Lipinski definition) is 2. The molecule has 0 N–H and O–H groups in total.